The van der Waals surface area contributed by atoms with Crippen molar-refractivity contribution in [3.8, 4) is 5.75 Å². The second kappa shape index (κ2) is 5.03. The molecule has 1 aromatic carbocycles. The number of nitrogens with one attached hydrogen (secondary N) is 1. The zero-order valence-electron chi connectivity index (χ0n) is 9.92. The molecule has 3 heteroatoms. The van der Waals surface area contributed by atoms with E-state index in [4.69, 9.17) is 10.5 Å². The van der Waals surface area contributed by atoms with Crippen molar-refractivity contribution in [2.45, 2.75) is 26.8 Å². The molecule has 0 aliphatic rings. The summed E-state index contributed by atoms with van der Waals surface area (Å²) in [6.45, 7) is 6.84. The predicted octanol–water partition coefficient (Wildman–Crippen LogP) is 2.07. The molecule has 0 spiro atoms. The quantitative estimate of drug-likeness (QED) is 0.796. The number of hydrogen-bond donors (Lipinski definition) is 2. The van der Waals surface area contributed by atoms with Crippen molar-refractivity contribution in [3.05, 3.63) is 23.3 Å². The van der Waals surface area contributed by atoms with Crippen LogP contribution in [0.4, 0.5) is 5.69 Å². The molecule has 1 rings (SSSR count). The molecule has 0 fully saturated rings. The lowest BCUT2D eigenvalue weighted by atomic mass is 10.1. The van der Waals surface area contributed by atoms with Crippen LogP contribution in [0.15, 0.2) is 12.1 Å². The van der Waals surface area contributed by atoms with Crippen LogP contribution < -0.4 is 15.8 Å². The van der Waals surface area contributed by atoms with Crippen LogP contribution in [0.2, 0.25) is 0 Å². The largest absolute Gasteiger partial charge is 0.494 e. The van der Waals surface area contributed by atoms with Crippen molar-refractivity contribution < 1.29 is 4.74 Å². The van der Waals surface area contributed by atoms with E-state index in [0.29, 0.717) is 0 Å². The van der Waals surface area contributed by atoms with Gasteiger partial charge < -0.3 is 15.8 Å². The van der Waals surface area contributed by atoms with Crippen LogP contribution in [0.25, 0.3) is 0 Å². The van der Waals surface area contributed by atoms with E-state index in [9.17, 15) is 0 Å². The first kappa shape index (κ1) is 11.9. The molecule has 15 heavy (non-hydrogen) atoms. The topological polar surface area (TPSA) is 47.3 Å². The number of nitrogens with two attached hydrogens (primary N) is 1. The van der Waals surface area contributed by atoms with E-state index >= 15 is 0 Å². The Morgan fingerprint density at radius 3 is 2.60 bits per heavy atom. The normalized spacial score (nSPS) is 12.3. The Kier molecular flexibility index (Phi) is 3.97. The van der Waals surface area contributed by atoms with Gasteiger partial charge in [-0.1, -0.05) is 6.07 Å². The maximum absolute atomic E-state index is 5.70. The molecule has 1 aromatic rings. The average Bonchev–Trinajstić information content (AvgIpc) is 2.13. The van der Waals surface area contributed by atoms with Crippen molar-refractivity contribution in [2.75, 3.05) is 19.0 Å². The average molecular weight is 208 g/mol. The third-order valence-electron chi connectivity index (χ3n) is 2.24. The van der Waals surface area contributed by atoms with Gasteiger partial charge in [-0.15, -0.1) is 0 Å². The summed E-state index contributed by atoms with van der Waals surface area (Å²) in [7, 11) is 1.69. The molecule has 1 unspecified atom stereocenters. The van der Waals surface area contributed by atoms with Gasteiger partial charge in [0.25, 0.3) is 0 Å². The lowest BCUT2D eigenvalue weighted by Gasteiger charge is -2.15. The second-order valence-electron chi connectivity index (χ2n) is 4.02. The Morgan fingerprint density at radius 2 is 2.07 bits per heavy atom. The predicted molar refractivity (Wildman–Crippen MR) is 64.6 cm³/mol. The van der Waals surface area contributed by atoms with Gasteiger partial charge >= 0.3 is 0 Å². The van der Waals surface area contributed by atoms with Gasteiger partial charge in [0, 0.05) is 12.6 Å². The van der Waals surface area contributed by atoms with E-state index in [2.05, 4.69) is 24.4 Å². The molecular formula is C12H20N2O. The second-order valence-corrected chi connectivity index (χ2v) is 4.02. The standard InChI is InChI=1S/C12H20N2O/c1-8-5-9(2)12(15-4)11(6-8)14-7-10(3)13/h5-6,10,14H,7,13H2,1-4H3. The van der Waals surface area contributed by atoms with Crippen molar-refractivity contribution in [1.82, 2.24) is 0 Å². The first-order valence-corrected chi connectivity index (χ1v) is 5.19. The SMILES string of the molecule is COc1c(C)cc(C)cc1NCC(C)N. The fourth-order valence-electron chi connectivity index (χ4n) is 1.63. The number of ether oxygens (including phenoxy) is 1. The third-order valence-corrected chi connectivity index (χ3v) is 2.24. The highest BCUT2D eigenvalue weighted by Crippen LogP contribution is 2.29. The van der Waals surface area contributed by atoms with Gasteiger partial charge in [-0.25, -0.2) is 0 Å². The molecule has 1 atom stereocenters. The van der Waals surface area contributed by atoms with E-state index in [1.807, 2.05) is 13.8 Å². The summed E-state index contributed by atoms with van der Waals surface area (Å²) < 4.78 is 5.36. The summed E-state index contributed by atoms with van der Waals surface area (Å²) >= 11 is 0. The van der Waals surface area contributed by atoms with Gasteiger partial charge in [0.1, 0.15) is 5.75 Å². The molecule has 0 heterocycles. The highest BCUT2D eigenvalue weighted by Gasteiger charge is 2.07. The summed E-state index contributed by atoms with van der Waals surface area (Å²) in [5.41, 5.74) is 9.09. The summed E-state index contributed by atoms with van der Waals surface area (Å²) in [6.07, 6.45) is 0. The van der Waals surface area contributed by atoms with Gasteiger partial charge in [0.15, 0.2) is 0 Å². The Morgan fingerprint density at radius 1 is 1.40 bits per heavy atom. The Bertz CT molecular complexity index is 335. The maximum atomic E-state index is 5.70. The van der Waals surface area contributed by atoms with Crippen LogP contribution in [-0.2, 0) is 0 Å². The molecule has 0 saturated heterocycles. The molecule has 3 nitrogen and oxygen atoms in total. The molecule has 0 aromatic heterocycles. The smallest absolute Gasteiger partial charge is 0.144 e. The minimum Gasteiger partial charge on any atom is -0.494 e. The number of rotatable bonds is 4. The number of benzene rings is 1. The number of methoxy groups -OCH3 is 1. The molecule has 0 radical (unpaired) electrons. The van der Waals surface area contributed by atoms with Gasteiger partial charge in [0.05, 0.1) is 12.8 Å². The van der Waals surface area contributed by atoms with E-state index in [0.717, 1.165) is 23.5 Å². The van der Waals surface area contributed by atoms with E-state index < -0.39 is 0 Å². The zero-order valence-corrected chi connectivity index (χ0v) is 9.92. The molecule has 0 bridgehead atoms. The van der Waals surface area contributed by atoms with Crippen molar-refractivity contribution in [2.24, 2.45) is 5.73 Å². The summed E-state index contributed by atoms with van der Waals surface area (Å²) in [6, 6.07) is 4.32. The molecule has 84 valence electrons. The molecule has 0 aliphatic carbocycles. The van der Waals surface area contributed by atoms with E-state index in [-0.39, 0.29) is 6.04 Å². The van der Waals surface area contributed by atoms with Crippen molar-refractivity contribution in [3.63, 3.8) is 0 Å². The van der Waals surface area contributed by atoms with Crippen LogP contribution in [0.1, 0.15) is 18.1 Å². The third kappa shape index (κ3) is 3.13. The van der Waals surface area contributed by atoms with Gasteiger partial charge in [-0.2, -0.15) is 0 Å². The number of hydrogen-bond acceptors (Lipinski definition) is 3. The molecule has 0 amide bonds. The molecule has 0 saturated carbocycles. The van der Waals surface area contributed by atoms with Gasteiger partial charge in [-0.05, 0) is 38.0 Å². The van der Waals surface area contributed by atoms with Gasteiger partial charge in [0.2, 0.25) is 0 Å². The maximum Gasteiger partial charge on any atom is 0.144 e. The Labute approximate surface area is 91.6 Å². The monoisotopic (exact) mass is 208 g/mol. The van der Waals surface area contributed by atoms with Crippen LogP contribution >= 0.6 is 0 Å². The molecule has 0 aliphatic heterocycles. The Balaban J connectivity index is 2.93. The van der Waals surface area contributed by atoms with Crippen LogP contribution in [-0.4, -0.2) is 19.7 Å². The minimum absolute atomic E-state index is 0.135. The van der Waals surface area contributed by atoms with Gasteiger partial charge in [-0.3, -0.25) is 0 Å². The summed E-state index contributed by atoms with van der Waals surface area (Å²) in [4.78, 5) is 0. The zero-order chi connectivity index (χ0) is 11.4. The lowest BCUT2D eigenvalue weighted by molar-refractivity contribution is 0.413. The van der Waals surface area contributed by atoms with Crippen molar-refractivity contribution >= 4 is 5.69 Å². The lowest BCUT2D eigenvalue weighted by Crippen LogP contribution is -2.25. The van der Waals surface area contributed by atoms with Crippen molar-refractivity contribution in [1.29, 1.82) is 0 Å². The van der Waals surface area contributed by atoms with E-state index in [1.54, 1.807) is 7.11 Å². The van der Waals surface area contributed by atoms with E-state index in [1.165, 1.54) is 5.56 Å². The fraction of sp³-hybridized carbons (Fsp3) is 0.500. The molecular weight excluding hydrogens is 188 g/mol. The minimum atomic E-state index is 0.135. The summed E-state index contributed by atoms with van der Waals surface area (Å²) in [5.74, 6) is 0.904. The van der Waals surface area contributed by atoms with Crippen LogP contribution in [0.5, 0.6) is 5.75 Å². The number of aryl methyl sites for hydroxylation is 2. The first-order valence-electron chi connectivity index (χ1n) is 5.19. The first-order chi connectivity index (χ1) is 7.04. The van der Waals surface area contributed by atoms with Crippen LogP contribution in [0, 0.1) is 13.8 Å². The summed E-state index contributed by atoms with van der Waals surface area (Å²) in [5, 5.41) is 3.30. The molecule has 3 N–H and O–H groups in total. The highest BCUT2D eigenvalue weighted by atomic mass is 16.5. The van der Waals surface area contributed by atoms with Crippen LogP contribution in [0.3, 0.4) is 0 Å². The fourth-order valence-corrected chi connectivity index (χ4v) is 1.63. The number of anilines is 1. The highest BCUT2D eigenvalue weighted by molar-refractivity contribution is 5.61. The Hall–Kier alpha value is -1.22.